The van der Waals surface area contributed by atoms with Crippen LogP contribution in [0.4, 0.5) is 5.13 Å². The fourth-order valence-electron chi connectivity index (χ4n) is 1.52. The molecule has 0 radical (unpaired) electrons. The van der Waals surface area contributed by atoms with Gasteiger partial charge in [-0.2, -0.15) is 0 Å². The Hall–Kier alpha value is -1.15. The Kier molecular flexibility index (Phi) is 6.15. The monoisotopic (exact) mass is 334 g/mol. The fourth-order valence-corrected chi connectivity index (χ4v) is 3.12. The Bertz CT molecular complexity index is 579. The summed E-state index contributed by atoms with van der Waals surface area (Å²) >= 11 is 1.35. The number of aromatic nitrogens is 1. The van der Waals surface area contributed by atoms with E-state index in [0.717, 1.165) is 0 Å². The molecule has 0 aliphatic rings. The van der Waals surface area contributed by atoms with Crippen LogP contribution in [-0.2, 0) is 24.8 Å². The van der Waals surface area contributed by atoms with Gasteiger partial charge in [-0.1, -0.05) is 6.92 Å². The molecule has 0 bridgehead atoms. The number of carbonyl (C=O) groups excluding carboxylic acids is 1. The number of rotatable bonds is 8. The topological polar surface area (TPSA) is 85.4 Å². The average molecular weight is 334 g/mol. The molecule has 6 nitrogen and oxygen atoms in total. The fraction of sp³-hybridized carbons (Fsp3) is 0.692. The van der Waals surface area contributed by atoms with E-state index < -0.39 is 15.3 Å². The molecule has 0 aliphatic carbocycles. The van der Waals surface area contributed by atoms with Crippen LogP contribution in [0.5, 0.6) is 0 Å². The highest BCUT2D eigenvalue weighted by Crippen LogP contribution is 2.28. The van der Waals surface area contributed by atoms with Crippen LogP contribution in [0.25, 0.3) is 0 Å². The van der Waals surface area contributed by atoms with E-state index in [4.69, 9.17) is 4.74 Å². The molecule has 1 rings (SSSR count). The lowest BCUT2D eigenvalue weighted by molar-refractivity contribution is -0.148. The Balaban J connectivity index is 2.67. The minimum Gasteiger partial charge on any atom is -0.465 e. The van der Waals surface area contributed by atoms with Gasteiger partial charge in [0.1, 0.15) is 5.41 Å². The third kappa shape index (κ3) is 4.96. The Labute approximate surface area is 129 Å². The van der Waals surface area contributed by atoms with E-state index in [9.17, 15) is 13.2 Å². The number of hydrogen-bond acceptors (Lipinski definition) is 7. The van der Waals surface area contributed by atoms with Gasteiger partial charge in [0, 0.05) is 17.7 Å². The normalized spacial score (nSPS) is 12.2. The summed E-state index contributed by atoms with van der Waals surface area (Å²) in [5.41, 5.74) is -0.200. The highest BCUT2D eigenvalue weighted by atomic mass is 32.2. The van der Waals surface area contributed by atoms with Crippen LogP contribution in [0.2, 0.25) is 0 Å². The van der Waals surface area contributed by atoms with Crippen molar-refractivity contribution in [3.63, 3.8) is 0 Å². The average Bonchev–Trinajstić information content (AvgIpc) is 2.88. The molecule has 8 heteroatoms. The second-order valence-electron chi connectivity index (χ2n) is 5.05. The molecule has 0 saturated heterocycles. The highest BCUT2D eigenvalue weighted by molar-refractivity contribution is 7.91. The van der Waals surface area contributed by atoms with Gasteiger partial charge in [0.15, 0.2) is 15.0 Å². The molecule has 0 amide bonds. The highest BCUT2D eigenvalue weighted by Gasteiger charge is 2.33. The first kappa shape index (κ1) is 17.9. The first-order valence-electron chi connectivity index (χ1n) is 6.80. The van der Waals surface area contributed by atoms with Crippen LogP contribution in [0.15, 0.2) is 5.38 Å². The number of sulfone groups is 1. The van der Waals surface area contributed by atoms with Crippen molar-refractivity contribution < 1.29 is 17.9 Å². The molecular formula is C13H22N2O4S2. The third-order valence-corrected chi connectivity index (χ3v) is 5.57. The molecule has 0 spiro atoms. The first-order valence-corrected chi connectivity index (χ1v) is 9.50. The molecule has 21 heavy (non-hydrogen) atoms. The molecule has 0 aliphatic heterocycles. The van der Waals surface area contributed by atoms with Gasteiger partial charge in [-0.25, -0.2) is 13.4 Å². The van der Waals surface area contributed by atoms with Gasteiger partial charge in [-0.15, -0.1) is 11.3 Å². The van der Waals surface area contributed by atoms with Crippen LogP contribution in [0, 0.1) is 0 Å². The lowest BCUT2D eigenvalue weighted by atomic mass is 9.90. The van der Waals surface area contributed by atoms with Gasteiger partial charge in [-0.3, -0.25) is 4.79 Å². The quantitative estimate of drug-likeness (QED) is 0.730. The maximum Gasteiger partial charge on any atom is 0.317 e. The van der Waals surface area contributed by atoms with Crippen molar-refractivity contribution in [3.05, 3.63) is 11.1 Å². The van der Waals surface area contributed by atoms with Crippen LogP contribution >= 0.6 is 11.3 Å². The molecule has 1 aromatic rings. The van der Waals surface area contributed by atoms with E-state index in [1.165, 1.54) is 11.3 Å². The van der Waals surface area contributed by atoms with Gasteiger partial charge in [0.2, 0.25) is 0 Å². The van der Waals surface area contributed by atoms with Gasteiger partial charge < -0.3 is 10.1 Å². The van der Waals surface area contributed by atoms with E-state index in [0.29, 0.717) is 24.0 Å². The minimum absolute atomic E-state index is 0.0691. The standard InChI is InChI=1S/C13H22N2O4S2/c1-5-19-11(16)13(3,4)10-9-20-12(15-10)14-7-8-21(17,18)6-2/h9H,5-8H2,1-4H3,(H,14,15). The Morgan fingerprint density at radius 3 is 2.67 bits per heavy atom. The summed E-state index contributed by atoms with van der Waals surface area (Å²) in [6.45, 7) is 7.53. The van der Waals surface area contributed by atoms with Crippen molar-refractivity contribution in [2.75, 3.05) is 30.0 Å². The summed E-state index contributed by atoms with van der Waals surface area (Å²) in [5.74, 6) is -0.122. The lowest BCUT2D eigenvalue weighted by Crippen LogP contribution is -2.31. The molecule has 0 unspecified atom stereocenters. The minimum atomic E-state index is -2.99. The smallest absolute Gasteiger partial charge is 0.317 e. The summed E-state index contributed by atoms with van der Waals surface area (Å²) in [5, 5.41) is 5.37. The van der Waals surface area contributed by atoms with Crippen molar-refractivity contribution in [2.45, 2.75) is 33.1 Å². The third-order valence-electron chi connectivity index (χ3n) is 3.06. The van der Waals surface area contributed by atoms with E-state index in [2.05, 4.69) is 10.3 Å². The van der Waals surface area contributed by atoms with Gasteiger partial charge >= 0.3 is 5.97 Å². The number of thiazole rings is 1. The SMILES string of the molecule is CCOC(=O)C(C)(C)c1csc(NCCS(=O)(=O)CC)n1. The number of hydrogen-bond donors (Lipinski definition) is 1. The van der Waals surface area contributed by atoms with Crippen LogP contribution in [-0.4, -0.2) is 44.0 Å². The predicted molar refractivity (Wildman–Crippen MR) is 84.6 cm³/mol. The van der Waals surface area contributed by atoms with Crippen molar-refractivity contribution in [1.82, 2.24) is 4.98 Å². The summed E-state index contributed by atoms with van der Waals surface area (Å²) in [6, 6.07) is 0. The maximum atomic E-state index is 11.9. The molecule has 1 aromatic heterocycles. The largest absolute Gasteiger partial charge is 0.465 e. The van der Waals surface area contributed by atoms with Crippen LogP contribution in [0.1, 0.15) is 33.4 Å². The summed E-state index contributed by atoms with van der Waals surface area (Å²) in [7, 11) is -2.99. The molecule has 1 heterocycles. The number of carbonyl (C=O) groups is 1. The summed E-state index contributed by atoms with van der Waals surface area (Å²) in [4.78, 5) is 16.2. The zero-order valence-corrected chi connectivity index (χ0v) is 14.4. The van der Waals surface area contributed by atoms with Crippen LogP contribution in [0.3, 0.4) is 0 Å². The number of nitrogens with zero attached hydrogens (tertiary/aromatic N) is 1. The molecule has 0 fully saturated rings. The number of anilines is 1. The van der Waals surface area contributed by atoms with Gasteiger partial charge in [0.25, 0.3) is 0 Å². The zero-order valence-electron chi connectivity index (χ0n) is 12.8. The Morgan fingerprint density at radius 2 is 2.10 bits per heavy atom. The molecule has 0 saturated carbocycles. The van der Waals surface area contributed by atoms with Crippen LogP contribution < -0.4 is 5.32 Å². The second kappa shape index (κ2) is 7.22. The number of nitrogens with one attached hydrogen (secondary N) is 1. The van der Waals surface area contributed by atoms with E-state index in [1.54, 1.807) is 33.1 Å². The number of esters is 1. The predicted octanol–water partition coefficient (Wildman–Crippen LogP) is 1.83. The second-order valence-corrected chi connectivity index (χ2v) is 8.38. The van der Waals surface area contributed by atoms with E-state index in [-0.39, 0.29) is 17.5 Å². The van der Waals surface area contributed by atoms with Crippen molar-refractivity contribution >= 4 is 32.3 Å². The Morgan fingerprint density at radius 1 is 1.43 bits per heavy atom. The van der Waals surface area contributed by atoms with Gasteiger partial charge in [0.05, 0.1) is 18.1 Å². The van der Waals surface area contributed by atoms with E-state index in [1.807, 2.05) is 0 Å². The summed E-state index contributed by atoms with van der Waals surface area (Å²) < 4.78 is 27.8. The molecule has 0 aromatic carbocycles. The maximum absolute atomic E-state index is 11.9. The van der Waals surface area contributed by atoms with Gasteiger partial charge in [-0.05, 0) is 20.8 Å². The first-order chi connectivity index (χ1) is 9.73. The van der Waals surface area contributed by atoms with E-state index >= 15 is 0 Å². The lowest BCUT2D eigenvalue weighted by Gasteiger charge is -2.19. The van der Waals surface area contributed by atoms with Crippen molar-refractivity contribution in [3.8, 4) is 0 Å². The summed E-state index contributed by atoms with van der Waals surface area (Å²) in [6.07, 6.45) is 0. The molecule has 0 atom stereocenters. The molecule has 120 valence electrons. The van der Waals surface area contributed by atoms with Crippen molar-refractivity contribution in [2.24, 2.45) is 0 Å². The molecular weight excluding hydrogens is 312 g/mol. The van der Waals surface area contributed by atoms with Crippen molar-refractivity contribution in [1.29, 1.82) is 0 Å². The number of ether oxygens (including phenoxy) is 1. The molecule has 1 N–H and O–H groups in total. The zero-order chi connectivity index (χ0) is 16.1.